The zero-order chi connectivity index (χ0) is 16.1. The predicted molar refractivity (Wildman–Crippen MR) is 81.6 cm³/mol. The Morgan fingerprint density at radius 2 is 1.95 bits per heavy atom. The molecule has 1 aromatic heterocycles. The third-order valence-corrected chi connectivity index (χ3v) is 3.14. The Hall–Kier alpha value is -2.83. The molecule has 1 aromatic carbocycles. The first-order chi connectivity index (χ1) is 10.6. The fraction of sp³-hybridized carbons (Fsp3) is 0.267. The second-order valence-electron chi connectivity index (χ2n) is 4.74. The number of para-hydroxylation sites is 1. The van der Waals surface area contributed by atoms with Gasteiger partial charge in [0.05, 0.1) is 5.69 Å². The van der Waals surface area contributed by atoms with Crippen molar-refractivity contribution in [2.45, 2.75) is 19.8 Å². The first-order valence-electron chi connectivity index (χ1n) is 6.98. The van der Waals surface area contributed by atoms with Crippen LogP contribution < -0.4 is 16.6 Å². The van der Waals surface area contributed by atoms with Gasteiger partial charge >= 0.3 is 5.69 Å². The Balaban J connectivity index is 2.51. The van der Waals surface area contributed by atoms with Crippen LogP contribution in [0.2, 0.25) is 0 Å². The molecule has 0 spiro atoms. The molecule has 0 radical (unpaired) electrons. The van der Waals surface area contributed by atoms with Crippen LogP contribution in [0, 0.1) is 0 Å². The highest BCUT2D eigenvalue weighted by Crippen LogP contribution is 2.15. The number of carbonyl (C=O) groups excluding carboxylic acids is 1. The van der Waals surface area contributed by atoms with E-state index in [1.54, 1.807) is 30.3 Å². The molecule has 2 aromatic rings. The SMILES string of the molecule is CCCCNC(=O)c1c(O)n(-c2ccccc2)c(=O)[nH]c1=O. The van der Waals surface area contributed by atoms with Gasteiger partial charge in [0.2, 0.25) is 5.88 Å². The number of aromatic nitrogens is 2. The molecule has 0 bridgehead atoms. The van der Waals surface area contributed by atoms with Gasteiger partial charge in [-0.05, 0) is 18.6 Å². The van der Waals surface area contributed by atoms with Crippen molar-refractivity contribution in [3.05, 3.63) is 56.7 Å². The molecule has 3 N–H and O–H groups in total. The molecule has 1 amide bonds. The van der Waals surface area contributed by atoms with E-state index in [-0.39, 0.29) is 0 Å². The van der Waals surface area contributed by atoms with Gasteiger partial charge in [-0.15, -0.1) is 0 Å². The molecule has 2 rings (SSSR count). The van der Waals surface area contributed by atoms with Crippen LogP contribution in [0.4, 0.5) is 0 Å². The maximum atomic E-state index is 12.0. The lowest BCUT2D eigenvalue weighted by Crippen LogP contribution is -2.37. The third-order valence-electron chi connectivity index (χ3n) is 3.14. The molecule has 0 unspecified atom stereocenters. The minimum atomic E-state index is -0.913. The van der Waals surface area contributed by atoms with E-state index in [1.807, 2.05) is 11.9 Å². The first kappa shape index (κ1) is 15.6. The molecule has 0 atom stereocenters. The summed E-state index contributed by atoms with van der Waals surface area (Å²) in [6.07, 6.45) is 1.63. The summed E-state index contributed by atoms with van der Waals surface area (Å²) in [4.78, 5) is 37.8. The molecule has 7 nitrogen and oxygen atoms in total. The Morgan fingerprint density at radius 1 is 1.27 bits per heavy atom. The van der Waals surface area contributed by atoms with Crippen LogP contribution in [0.15, 0.2) is 39.9 Å². The monoisotopic (exact) mass is 303 g/mol. The van der Waals surface area contributed by atoms with Gasteiger partial charge in [-0.1, -0.05) is 31.5 Å². The third kappa shape index (κ3) is 3.08. The van der Waals surface area contributed by atoms with Crippen LogP contribution in [0.1, 0.15) is 30.1 Å². The van der Waals surface area contributed by atoms with E-state index in [9.17, 15) is 19.5 Å². The molecule has 7 heteroatoms. The van der Waals surface area contributed by atoms with Crippen molar-refractivity contribution < 1.29 is 9.90 Å². The molecule has 0 fully saturated rings. The molecular weight excluding hydrogens is 286 g/mol. The summed E-state index contributed by atoms with van der Waals surface area (Å²) in [7, 11) is 0. The summed E-state index contributed by atoms with van der Waals surface area (Å²) in [5, 5.41) is 12.8. The maximum absolute atomic E-state index is 12.0. The number of nitrogens with one attached hydrogen (secondary N) is 2. The van der Waals surface area contributed by atoms with Crippen LogP contribution in [-0.2, 0) is 0 Å². The number of aromatic hydroxyl groups is 1. The Morgan fingerprint density at radius 3 is 2.59 bits per heavy atom. The summed E-state index contributed by atoms with van der Waals surface area (Å²) in [5.41, 5.74) is -1.84. The largest absolute Gasteiger partial charge is 0.493 e. The van der Waals surface area contributed by atoms with Gasteiger partial charge < -0.3 is 10.4 Å². The first-order valence-corrected chi connectivity index (χ1v) is 6.98. The van der Waals surface area contributed by atoms with E-state index in [4.69, 9.17) is 0 Å². The number of hydrogen-bond acceptors (Lipinski definition) is 4. The lowest BCUT2D eigenvalue weighted by atomic mass is 10.2. The van der Waals surface area contributed by atoms with Crippen LogP contribution >= 0.6 is 0 Å². The van der Waals surface area contributed by atoms with Crippen molar-refractivity contribution in [2.24, 2.45) is 0 Å². The number of hydrogen-bond donors (Lipinski definition) is 3. The molecule has 0 aliphatic carbocycles. The summed E-state index contributed by atoms with van der Waals surface area (Å²) in [6, 6.07) is 8.26. The molecule has 0 aliphatic rings. The van der Waals surface area contributed by atoms with Crippen LogP contribution in [0.25, 0.3) is 5.69 Å². The molecule has 22 heavy (non-hydrogen) atoms. The number of nitrogens with zero attached hydrogens (tertiary/aromatic N) is 1. The van der Waals surface area contributed by atoms with Gasteiger partial charge in [0.25, 0.3) is 11.5 Å². The van der Waals surface area contributed by atoms with Crippen LogP contribution in [-0.4, -0.2) is 27.1 Å². The fourth-order valence-corrected chi connectivity index (χ4v) is 2.01. The lowest BCUT2D eigenvalue weighted by Gasteiger charge is -2.11. The smallest absolute Gasteiger partial charge is 0.335 e. The van der Waals surface area contributed by atoms with Crippen molar-refractivity contribution in [3.63, 3.8) is 0 Å². The number of H-pyrrole nitrogens is 1. The molecule has 1 heterocycles. The van der Waals surface area contributed by atoms with Gasteiger partial charge in [0.1, 0.15) is 0 Å². The Labute approximate surface area is 126 Å². The zero-order valence-electron chi connectivity index (χ0n) is 12.1. The van der Waals surface area contributed by atoms with E-state index in [1.165, 1.54) is 0 Å². The predicted octanol–water partition coefficient (Wildman–Crippen LogP) is 0.761. The number of aromatic amines is 1. The zero-order valence-corrected chi connectivity index (χ0v) is 12.1. The van der Waals surface area contributed by atoms with Crippen molar-refractivity contribution >= 4 is 5.91 Å². The van der Waals surface area contributed by atoms with E-state index in [2.05, 4.69) is 5.32 Å². The number of unbranched alkanes of at least 4 members (excludes halogenated alkanes) is 1. The second-order valence-corrected chi connectivity index (χ2v) is 4.74. The standard InChI is InChI=1S/C15H17N3O4/c1-2-3-9-16-12(19)11-13(20)17-15(22)18(14(11)21)10-7-5-4-6-8-10/h4-8,21H,2-3,9H2,1H3,(H,16,19)(H,17,20,22). The lowest BCUT2D eigenvalue weighted by molar-refractivity contribution is 0.0947. The molecule has 0 saturated carbocycles. The van der Waals surface area contributed by atoms with Gasteiger partial charge in [-0.3, -0.25) is 14.6 Å². The summed E-state index contributed by atoms with van der Waals surface area (Å²) in [5.74, 6) is -1.38. The Kier molecular flexibility index (Phi) is 4.77. The van der Waals surface area contributed by atoms with E-state index >= 15 is 0 Å². The average molecular weight is 303 g/mol. The van der Waals surface area contributed by atoms with Gasteiger partial charge in [0.15, 0.2) is 5.56 Å². The normalized spacial score (nSPS) is 10.4. The fourth-order valence-electron chi connectivity index (χ4n) is 2.01. The number of carbonyl (C=O) groups is 1. The number of benzene rings is 1. The Bertz CT molecular complexity index is 778. The van der Waals surface area contributed by atoms with Crippen molar-refractivity contribution in [2.75, 3.05) is 6.54 Å². The highest BCUT2D eigenvalue weighted by molar-refractivity contribution is 5.96. The highest BCUT2D eigenvalue weighted by Gasteiger charge is 2.21. The summed E-state index contributed by atoms with van der Waals surface area (Å²) < 4.78 is 0.885. The average Bonchev–Trinajstić information content (AvgIpc) is 2.48. The second kappa shape index (κ2) is 6.75. The maximum Gasteiger partial charge on any atom is 0.335 e. The van der Waals surface area contributed by atoms with Crippen LogP contribution in [0.3, 0.4) is 0 Å². The minimum Gasteiger partial charge on any atom is -0.493 e. The minimum absolute atomic E-state index is 0.351. The van der Waals surface area contributed by atoms with Crippen molar-refractivity contribution in [1.29, 1.82) is 0 Å². The highest BCUT2D eigenvalue weighted by atomic mass is 16.3. The van der Waals surface area contributed by atoms with Crippen LogP contribution in [0.5, 0.6) is 5.88 Å². The number of amides is 1. The van der Waals surface area contributed by atoms with Gasteiger partial charge in [-0.2, -0.15) is 0 Å². The van der Waals surface area contributed by atoms with Gasteiger partial charge in [-0.25, -0.2) is 9.36 Å². The topological polar surface area (TPSA) is 104 Å². The molecule has 0 saturated heterocycles. The van der Waals surface area contributed by atoms with E-state index in [0.29, 0.717) is 12.2 Å². The number of rotatable bonds is 5. The quantitative estimate of drug-likeness (QED) is 0.709. The van der Waals surface area contributed by atoms with E-state index < -0.39 is 28.6 Å². The summed E-state index contributed by atoms with van der Waals surface area (Å²) in [6.45, 7) is 2.35. The van der Waals surface area contributed by atoms with Gasteiger partial charge in [0, 0.05) is 6.54 Å². The molecule has 0 aliphatic heterocycles. The molecule has 116 valence electrons. The van der Waals surface area contributed by atoms with Crippen molar-refractivity contribution in [1.82, 2.24) is 14.9 Å². The van der Waals surface area contributed by atoms with E-state index in [0.717, 1.165) is 17.4 Å². The molecular formula is C15H17N3O4. The van der Waals surface area contributed by atoms with Crippen molar-refractivity contribution in [3.8, 4) is 11.6 Å². The summed E-state index contributed by atoms with van der Waals surface area (Å²) >= 11 is 0.